The topological polar surface area (TPSA) is 26.3 Å². The highest BCUT2D eigenvalue weighted by molar-refractivity contribution is 8.00. The molecule has 23 heavy (non-hydrogen) atoms. The van der Waals surface area contributed by atoms with Gasteiger partial charge in [-0.1, -0.05) is 30.3 Å². The van der Waals surface area contributed by atoms with Crippen molar-refractivity contribution in [3.8, 4) is 5.75 Å². The van der Waals surface area contributed by atoms with Gasteiger partial charge >= 0.3 is 5.51 Å². The van der Waals surface area contributed by atoms with E-state index in [2.05, 4.69) is 0 Å². The van der Waals surface area contributed by atoms with Crippen LogP contribution in [0.15, 0.2) is 17.0 Å². The third-order valence-electron chi connectivity index (χ3n) is 2.81. The number of alkyl halides is 3. The zero-order valence-corrected chi connectivity index (χ0v) is 14.8. The summed E-state index contributed by atoms with van der Waals surface area (Å²) in [6, 6.07) is 2.37. The van der Waals surface area contributed by atoms with Crippen molar-refractivity contribution in [1.82, 2.24) is 0 Å². The molecule has 0 saturated carbocycles. The van der Waals surface area contributed by atoms with Gasteiger partial charge in [0, 0.05) is 17.6 Å². The Balaban J connectivity index is 2.42. The highest BCUT2D eigenvalue weighted by Gasteiger charge is 2.27. The van der Waals surface area contributed by atoms with E-state index < -0.39 is 22.1 Å². The van der Waals surface area contributed by atoms with Crippen molar-refractivity contribution in [2.75, 3.05) is 18.1 Å². The standard InChI is InChI=1S/C14H17ClF4O2S2/c1-2-23(20)13-9-12(11(16)8-10(13)15)21-6-4-3-5-7-22-14(17,18)19/h8-9H,2-7H2,1H3. The molecule has 0 aromatic heterocycles. The van der Waals surface area contributed by atoms with Gasteiger partial charge < -0.3 is 4.74 Å². The fraction of sp³-hybridized carbons (Fsp3) is 0.571. The van der Waals surface area contributed by atoms with Crippen LogP contribution in [0.5, 0.6) is 5.75 Å². The molecular weight excluding hydrogens is 376 g/mol. The molecule has 0 aliphatic carbocycles. The molecule has 0 fully saturated rings. The van der Waals surface area contributed by atoms with Crippen LogP contribution in [0.4, 0.5) is 17.6 Å². The van der Waals surface area contributed by atoms with E-state index in [1.165, 1.54) is 6.07 Å². The van der Waals surface area contributed by atoms with Crippen molar-refractivity contribution in [3.05, 3.63) is 23.0 Å². The lowest BCUT2D eigenvalue weighted by atomic mass is 10.2. The van der Waals surface area contributed by atoms with Crippen molar-refractivity contribution in [2.45, 2.75) is 36.6 Å². The summed E-state index contributed by atoms with van der Waals surface area (Å²) in [6.07, 6.45) is 1.46. The molecule has 1 aromatic rings. The summed E-state index contributed by atoms with van der Waals surface area (Å²) in [7, 11) is -1.33. The van der Waals surface area contributed by atoms with Crippen LogP contribution in [0.3, 0.4) is 0 Å². The second-order valence-corrected chi connectivity index (χ2v) is 7.83. The van der Waals surface area contributed by atoms with E-state index in [1.807, 2.05) is 0 Å². The first-order valence-corrected chi connectivity index (χ1v) is 9.63. The Morgan fingerprint density at radius 2 is 1.96 bits per heavy atom. The predicted molar refractivity (Wildman–Crippen MR) is 86.2 cm³/mol. The summed E-state index contributed by atoms with van der Waals surface area (Å²) in [6.45, 7) is 1.89. The van der Waals surface area contributed by atoms with Gasteiger partial charge in [0.05, 0.1) is 27.3 Å². The van der Waals surface area contributed by atoms with Gasteiger partial charge in [-0.25, -0.2) is 4.39 Å². The van der Waals surface area contributed by atoms with E-state index in [0.29, 0.717) is 29.9 Å². The molecule has 1 aromatic carbocycles. The highest BCUT2D eigenvalue weighted by atomic mass is 35.5. The van der Waals surface area contributed by atoms with E-state index in [1.54, 1.807) is 6.92 Å². The smallest absolute Gasteiger partial charge is 0.441 e. The predicted octanol–water partition coefficient (Wildman–Crippen LogP) is 5.41. The first kappa shape index (κ1) is 20.6. The molecule has 0 heterocycles. The molecule has 0 spiro atoms. The fourth-order valence-corrected chi connectivity index (χ4v) is 3.52. The summed E-state index contributed by atoms with van der Waals surface area (Å²) in [5.41, 5.74) is -4.20. The Kier molecular flexibility index (Phi) is 8.71. The molecular formula is C14H17ClF4O2S2. The van der Waals surface area contributed by atoms with E-state index in [4.69, 9.17) is 16.3 Å². The molecule has 0 radical (unpaired) electrons. The number of benzene rings is 1. The number of hydrogen-bond donors (Lipinski definition) is 0. The number of rotatable bonds is 9. The van der Waals surface area contributed by atoms with Gasteiger partial charge in [-0.05, 0) is 25.3 Å². The van der Waals surface area contributed by atoms with Crippen LogP contribution in [-0.2, 0) is 10.8 Å². The molecule has 0 aliphatic heterocycles. The molecule has 0 amide bonds. The van der Waals surface area contributed by atoms with Crippen LogP contribution >= 0.6 is 23.4 Å². The lowest BCUT2D eigenvalue weighted by Crippen LogP contribution is -2.03. The van der Waals surface area contributed by atoms with E-state index in [9.17, 15) is 21.8 Å². The minimum atomic E-state index is -4.20. The second-order valence-electron chi connectivity index (χ2n) is 4.55. The van der Waals surface area contributed by atoms with Gasteiger partial charge in [-0.2, -0.15) is 13.2 Å². The molecule has 0 bridgehead atoms. The zero-order valence-electron chi connectivity index (χ0n) is 12.4. The monoisotopic (exact) mass is 392 g/mol. The molecule has 2 nitrogen and oxygen atoms in total. The lowest BCUT2D eigenvalue weighted by Gasteiger charge is -2.10. The molecule has 9 heteroatoms. The van der Waals surface area contributed by atoms with Gasteiger partial charge in [-0.15, -0.1) is 0 Å². The maximum atomic E-state index is 13.7. The van der Waals surface area contributed by atoms with Crippen molar-refractivity contribution >= 4 is 34.2 Å². The maximum Gasteiger partial charge on any atom is 0.441 e. The number of hydrogen-bond acceptors (Lipinski definition) is 3. The molecule has 0 saturated heterocycles. The largest absolute Gasteiger partial charge is 0.490 e. The summed E-state index contributed by atoms with van der Waals surface area (Å²) >= 11 is 5.80. The zero-order chi connectivity index (χ0) is 17.5. The molecule has 0 N–H and O–H groups in total. The van der Waals surface area contributed by atoms with Crippen LogP contribution < -0.4 is 4.74 Å². The van der Waals surface area contributed by atoms with Crippen molar-refractivity contribution < 1.29 is 26.5 Å². The average molecular weight is 393 g/mol. The van der Waals surface area contributed by atoms with Crippen molar-refractivity contribution in [2.24, 2.45) is 0 Å². The van der Waals surface area contributed by atoms with Crippen molar-refractivity contribution in [3.63, 3.8) is 0 Å². The minimum absolute atomic E-state index is 0.00155. The van der Waals surface area contributed by atoms with Gasteiger partial charge in [0.1, 0.15) is 0 Å². The van der Waals surface area contributed by atoms with E-state index in [0.717, 1.165) is 6.07 Å². The minimum Gasteiger partial charge on any atom is -0.490 e. The maximum absolute atomic E-state index is 13.7. The van der Waals surface area contributed by atoms with Gasteiger partial charge in [0.2, 0.25) is 0 Å². The van der Waals surface area contributed by atoms with E-state index in [-0.39, 0.29) is 34.9 Å². The number of thioether (sulfide) groups is 1. The Morgan fingerprint density at radius 1 is 1.26 bits per heavy atom. The number of ether oxygens (including phenoxy) is 1. The van der Waals surface area contributed by atoms with Crippen LogP contribution in [0.2, 0.25) is 5.02 Å². The highest BCUT2D eigenvalue weighted by Crippen LogP contribution is 2.31. The Bertz CT molecular complexity index is 538. The van der Waals surface area contributed by atoms with Gasteiger partial charge in [0.15, 0.2) is 11.6 Å². The normalized spacial score (nSPS) is 13.1. The first-order chi connectivity index (χ1) is 10.7. The SMILES string of the molecule is CCS(=O)c1cc(OCCCCCSC(F)(F)F)c(F)cc1Cl. The Labute approximate surface area is 144 Å². The van der Waals surface area contributed by atoms with Gasteiger partial charge in [0.25, 0.3) is 0 Å². The Hall–Kier alpha value is -0.470. The number of unbranched alkanes of at least 4 members (excludes halogenated alkanes) is 2. The molecule has 1 atom stereocenters. The van der Waals surface area contributed by atoms with Crippen LogP contribution in [0, 0.1) is 5.82 Å². The van der Waals surface area contributed by atoms with Crippen LogP contribution in [0.1, 0.15) is 26.2 Å². The van der Waals surface area contributed by atoms with E-state index >= 15 is 0 Å². The van der Waals surface area contributed by atoms with Crippen LogP contribution in [-0.4, -0.2) is 27.8 Å². The summed E-state index contributed by atoms with van der Waals surface area (Å²) < 4.78 is 66.5. The fourth-order valence-electron chi connectivity index (χ4n) is 1.70. The number of halogens is 5. The third kappa shape index (κ3) is 7.76. The van der Waals surface area contributed by atoms with Gasteiger partial charge in [-0.3, -0.25) is 4.21 Å². The molecule has 132 valence electrons. The second kappa shape index (κ2) is 9.74. The lowest BCUT2D eigenvalue weighted by molar-refractivity contribution is -0.0328. The first-order valence-electron chi connectivity index (χ1n) is 6.95. The molecule has 0 aliphatic rings. The molecule has 1 unspecified atom stereocenters. The van der Waals surface area contributed by atoms with Crippen LogP contribution in [0.25, 0.3) is 0 Å². The molecule has 1 rings (SSSR count). The summed E-state index contributed by atoms with van der Waals surface area (Å²) in [5, 5.41) is 0.0826. The third-order valence-corrected chi connectivity index (χ3v) is 5.40. The summed E-state index contributed by atoms with van der Waals surface area (Å²) in [4.78, 5) is 0.312. The Morgan fingerprint density at radius 3 is 2.57 bits per heavy atom. The summed E-state index contributed by atoms with van der Waals surface area (Å²) in [5.74, 6) is -0.351. The van der Waals surface area contributed by atoms with Crippen molar-refractivity contribution in [1.29, 1.82) is 0 Å². The average Bonchev–Trinajstić information content (AvgIpc) is 2.46. The quantitative estimate of drug-likeness (QED) is 0.415.